The van der Waals surface area contributed by atoms with E-state index in [0.717, 1.165) is 5.56 Å². The Kier molecular flexibility index (Phi) is 5.58. The number of carbonyl (C=O) groups is 1. The molecule has 2 atom stereocenters. The van der Waals surface area contributed by atoms with Crippen molar-refractivity contribution in [2.45, 2.75) is 25.4 Å². The molecule has 138 valence electrons. The van der Waals surface area contributed by atoms with Crippen LogP contribution >= 0.6 is 23.2 Å². The quantitative estimate of drug-likeness (QED) is 0.636. The number of ether oxygens (including phenoxy) is 1. The standard InChI is InChI=1S/C18H19Cl2N3O3/c1-9-5-16(24)11(7-12(9)20)13-8-15(23-22-13)18(25)21-14-6-10(19)3-4-17(14)26-2/h3-7,13,15,22-24H,8H2,1-2H3,(H,21,25). The number of aryl methyl sites for hydroxylation is 1. The van der Waals surface area contributed by atoms with E-state index < -0.39 is 6.04 Å². The molecule has 1 aliphatic rings. The summed E-state index contributed by atoms with van der Waals surface area (Å²) in [5.41, 5.74) is 7.91. The van der Waals surface area contributed by atoms with Gasteiger partial charge in [-0.15, -0.1) is 0 Å². The second kappa shape index (κ2) is 7.72. The zero-order valence-electron chi connectivity index (χ0n) is 14.3. The third-order valence-corrected chi connectivity index (χ3v) is 4.96. The number of nitrogens with one attached hydrogen (secondary N) is 3. The number of phenolic OH excluding ortho intramolecular Hbond substituents is 1. The summed E-state index contributed by atoms with van der Waals surface area (Å²) in [5.74, 6) is 0.426. The van der Waals surface area contributed by atoms with E-state index in [-0.39, 0.29) is 17.7 Å². The number of hydrazine groups is 1. The van der Waals surface area contributed by atoms with Crippen molar-refractivity contribution in [1.82, 2.24) is 10.9 Å². The predicted octanol–water partition coefficient (Wildman–Crippen LogP) is 3.56. The molecular formula is C18H19Cl2N3O3. The monoisotopic (exact) mass is 395 g/mol. The Balaban J connectivity index is 1.72. The minimum absolute atomic E-state index is 0.142. The van der Waals surface area contributed by atoms with E-state index in [9.17, 15) is 9.90 Å². The number of hydrogen-bond donors (Lipinski definition) is 4. The maximum absolute atomic E-state index is 12.6. The van der Waals surface area contributed by atoms with Crippen LogP contribution in [0.25, 0.3) is 0 Å². The first-order valence-electron chi connectivity index (χ1n) is 8.03. The molecule has 1 fully saturated rings. The molecule has 0 radical (unpaired) electrons. The molecule has 0 aromatic heterocycles. The third-order valence-electron chi connectivity index (χ3n) is 4.32. The van der Waals surface area contributed by atoms with Gasteiger partial charge >= 0.3 is 0 Å². The molecular weight excluding hydrogens is 377 g/mol. The molecule has 1 amide bonds. The SMILES string of the molecule is COc1ccc(Cl)cc1NC(=O)C1CC(c2cc(Cl)c(C)cc2O)NN1. The van der Waals surface area contributed by atoms with Crippen molar-refractivity contribution < 1.29 is 14.6 Å². The van der Waals surface area contributed by atoms with Gasteiger partial charge in [0.25, 0.3) is 0 Å². The number of methoxy groups -OCH3 is 1. The molecule has 26 heavy (non-hydrogen) atoms. The van der Waals surface area contributed by atoms with Crippen molar-refractivity contribution in [3.63, 3.8) is 0 Å². The lowest BCUT2D eigenvalue weighted by Crippen LogP contribution is -2.39. The van der Waals surface area contributed by atoms with Gasteiger partial charge in [-0.3, -0.25) is 4.79 Å². The van der Waals surface area contributed by atoms with E-state index in [2.05, 4.69) is 16.2 Å². The molecule has 3 rings (SSSR count). The van der Waals surface area contributed by atoms with Crippen molar-refractivity contribution in [2.75, 3.05) is 12.4 Å². The summed E-state index contributed by atoms with van der Waals surface area (Å²) in [6.07, 6.45) is 0.446. The van der Waals surface area contributed by atoms with Crippen LogP contribution < -0.4 is 20.9 Å². The normalized spacial score (nSPS) is 19.4. The van der Waals surface area contributed by atoms with Crippen LogP contribution in [0.5, 0.6) is 11.5 Å². The summed E-state index contributed by atoms with van der Waals surface area (Å²) in [6.45, 7) is 1.82. The van der Waals surface area contributed by atoms with Crippen LogP contribution in [0.2, 0.25) is 10.0 Å². The Morgan fingerprint density at radius 3 is 2.77 bits per heavy atom. The fourth-order valence-corrected chi connectivity index (χ4v) is 3.23. The van der Waals surface area contributed by atoms with Gasteiger partial charge in [0.15, 0.2) is 0 Å². The fourth-order valence-electron chi connectivity index (χ4n) is 2.89. The maximum atomic E-state index is 12.6. The second-order valence-corrected chi connectivity index (χ2v) is 6.97. The highest BCUT2D eigenvalue weighted by atomic mass is 35.5. The number of benzene rings is 2. The van der Waals surface area contributed by atoms with Crippen LogP contribution in [0.4, 0.5) is 5.69 Å². The summed E-state index contributed by atoms with van der Waals surface area (Å²) >= 11 is 12.1. The van der Waals surface area contributed by atoms with E-state index in [0.29, 0.717) is 33.5 Å². The number of hydrogen-bond acceptors (Lipinski definition) is 5. The summed E-state index contributed by atoms with van der Waals surface area (Å²) < 4.78 is 5.24. The van der Waals surface area contributed by atoms with Crippen LogP contribution in [0.1, 0.15) is 23.6 Å². The lowest BCUT2D eigenvalue weighted by atomic mass is 9.99. The van der Waals surface area contributed by atoms with Crippen molar-refractivity contribution in [3.8, 4) is 11.5 Å². The van der Waals surface area contributed by atoms with Gasteiger partial charge in [-0.05, 0) is 49.2 Å². The van der Waals surface area contributed by atoms with Crippen molar-refractivity contribution in [1.29, 1.82) is 0 Å². The van der Waals surface area contributed by atoms with Crippen LogP contribution in [0.15, 0.2) is 30.3 Å². The highest BCUT2D eigenvalue weighted by Crippen LogP contribution is 2.34. The van der Waals surface area contributed by atoms with Crippen molar-refractivity contribution in [2.24, 2.45) is 0 Å². The number of aromatic hydroxyl groups is 1. The Hall–Kier alpha value is -1.99. The molecule has 2 aromatic carbocycles. The lowest BCUT2D eigenvalue weighted by molar-refractivity contribution is -0.117. The molecule has 6 nitrogen and oxygen atoms in total. The molecule has 8 heteroatoms. The van der Waals surface area contributed by atoms with Gasteiger partial charge in [0.2, 0.25) is 5.91 Å². The maximum Gasteiger partial charge on any atom is 0.243 e. The molecule has 2 unspecified atom stereocenters. The van der Waals surface area contributed by atoms with Crippen molar-refractivity contribution >= 4 is 34.8 Å². The summed E-state index contributed by atoms with van der Waals surface area (Å²) in [5, 5.41) is 14.1. The highest BCUT2D eigenvalue weighted by Gasteiger charge is 2.32. The van der Waals surface area contributed by atoms with E-state index in [1.54, 1.807) is 30.3 Å². The fraction of sp³-hybridized carbons (Fsp3) is 0.278. The largest absolute Gasteiger partial charge is 0.508 e. The van der Waals surface area contributed by atoms with Gasteiger partial charge < -0.3 is 15.2 Å². The summed E-state index contributed by atoms with van der Waals surface area (Å²) in [4.78, 5) is 12.6. The van der Waals surface area contributed by atoms with E-state index >= 15 is 0 Å². The lowest BCUT2D eigenvalue weighted by Gasteiger charge is -2.14. The van der Waals surface area contributed by atoms with E-state index in [4.69, 9.17) is 27.9 Å². The van der Waals surface area contributed by atoms with Gasteiger partial charge in [0, 0.05) is 15.6 Å². The molecule has 0 saturated carbocycles. The number of carbonyl (C=O) groups excluding carboxylic acids is 1. The van der Waals surface area contributed by atoms with Gasteiger partial charge in [-0.25, -0.2) is 10.9 Å². The minimum Gasteiger partial charge on any atom is -0.508 e. The zero-order valence-corrected chi connectivity index (χ0v) is 15.8. The smallest absolute Gasteiger partial charge is 0.243 e. The third kappa shape index (κ3) is 3.88. The van der Waals surface area contributed by atoms with Gasteiger partial charge in [-0.2, -0.15) is 0 Å². The highest BCUT2D eigenvalue weighted by molar-refractivity contribution is 6.31. The van der Waals surface area contributed by atoms with E-state index in [1.807, 2.05) is 6.92 Å². The number of halogens is 2. The van der Waals surface area contributed by atoms with Crippen molar-refractivity contribution in [3.05, 3.63) is 51.5 Å². The molecule has 0 aliphatic carbocycles. The number of rotatable bonds is 4. The first-order valence-corrected chi connectivity index (χ1v) is 8.79. The molecule has 1 aliphatic heterocycles. The first-order chi connectivity index (χ1) is 12.4. The van der Waals surface area contributed by atoms with Crippen LogP contribution in [-0.4, -0.2) is 24.2 Å². The summed E-state index contributed by atoms with van der Waals surface area (Å²) in [6, 6.07) is 7.59. The number of anilines is 1. The minimum atomic E-state index is -0.497. The zero-order chi connectivity index (χ0) is 18.8. The van der Waals surface area contributed by atoms with Gasteiger partial charge in [0.05, 0.1) is 18.8 Å². The Morgan fingerprint density at radius 2 is 2.04 bits per heavy atom. The second-order valence-electron chi connectivity index (χ2n) is 6.12. The predicted molar refractivity (Wildman–Crippen MR) is 102 cm³/mol. The topological polar surface area (TPSA) is 82.6 Å². The number of amides is 1. The summed E-state index contributed by atoms with van der Waals surface area (Å²) in [7, 11) is 1.52. The Morgan fingerprint density at radius 1 is 1.27 bits per heavy atom. The van der Waals surface area contributed by atoms with Gasteiger partial charge in [0.1, 0.15) is 17.5 Å². The van der Waals surface area contributed by atoms with Crippen LogP contribution in [0.3, 0.4) is 0 Å². The molecule has 1 saturated heterocycles. The van der Waals surface area contributed by atoms with E-state index in [1.165, 1.54) is 7.11 Å². The van der Waals surface area contributed by atoms with Crippen LogP contribution in [-0.2, 0) is 4.79 Å². The van der Waals surface area contributed by atoms with Crippen LogP contribution in [0, 0.1) is 6.92 Å². The number of phenols is 1. The van der Waals surface area contributed by atoms with Gasteiger partial charge in [-0.1, -0.05) is 23.2 Å². The Bertz CT molecular complexity index is 845. The first kappa shape index (κ1) is 18.8. The molecule has 1 heterocycles. The molecule has 0 bridgehead atoms. The molecule has 2 aromatic rings. The average Bonchev–Trinajstić information content (AvgIpc) is 3.08. The molecule has 4 N–H and O–H groups in total. The Labute approximate surface area is 161 Å². The molecule has 0 spiro atoms. The average molecular weight is 396 g/mol.